The number of hydrogen-bond acceptors (Lipinski definition) is 6. The van der Waals surface area contributed by atoms with E-state index >= 15 is 0 Å². The van der Waals surface area contributed by atoms with Gasteiger partial charge in [-0.05, 0) is 109 Å². The second kappa shape index (κ2) is 59.4. The number of allylic oxidation sites excluding steroid dienone is 20. The summed E-state index contributed by atoms with van der Waals surface area (Å²) in [4.78, 5) is 37.9. The van der Waals surface area contributed by atoms with Crippen LogP contribution in [0.5, 0.6) is 0 Å². The van der Waals surface area contributed by atoms with E-state index in [0.717, 1.165) is 135 Å². The van der Waals surface area contributed by atoms with Gasteiger partial charge in [0.15, 0.2) is 6.10 Å². The Morgan fingerprint density at radius 3 is 0.847 bits per heavy atom. The molecule has 0 aromatic heterocycles. The summed E-state index contributed by atoms with van der Waals surface area (Å²) in [6.07, 6.45) is 82.2. The topological polar surface area (TPSA) is 78.9 Å². The number of unbranched alkanes of at least 4 members (excludes halogenated alkanes) is 21. The Kier molecular flexibility index (Phi) is 55.9. The molecular formula is C66H108O6. The normalized spacial score (nSPS) is 13.0. The predicted molar refractivity (Wildman–Crippen MR) is 311 cm³/mol. The third-order valence-corrected chi connectivity index (χ3v) is 12.2. The Labute approximate surface area is 443 Å². The van der Waals surface area contributed by atoms with Gasteiger partial charge in [0.1, 0.15) is 13.2 Å². The molecule has 1 atom stereocenters. The highest BCUT2D eigenvalue weighted by Gasteiger charge is 2.19. The van der Waals surface area contributed by atoms with Crippen molar-refractivity contribution in [3.05, 3.63) is 122 Å². The molecule has 408 valence electrons. The van der Waals surface area contributed by atoms with Crippen molar-refractivity contribution in [2.45, 2.75) is 264 Å². The molecule has 0 radical (unpaired) electrons. The maximum absolute atomic E-state index is 12.8. The molecule has 0 amide bonds. The van der Waals surface area contributed by atoms with E-state index in [9.17, 15) is 14.4 Å². The standard InChI is InChI=1S/C66H108O6/c1-4-7-10-13-16-18-20-22-24-26-28-30-32-33-35-36-38-40-42-44-46-48-50-53-56-59-65(68)71-62-63(61-70-64(67)58-55-52-15-12-9-6-3)72-66(69)60-57-54-51-49-47-45-43-41-39-37-34-31-29-27-25-23-21-19-17-14-11-8-5-2/h7-8,10-11,16-19,22-25,28-31,33,35,38,40,63H,4-6,9,12-15,20-21,26-27,32,34,36-37,39,41-62H2,1-3H3/b10-7-,11-8-,18-16-,19-17-,24-22-,25-23-,30-28-,31-29-,35-33-,40-38-. The van der Waals surface area contributed by atoms with E-state index < -0.39 is 6.10 Å². The first-order chi connectivity index (χ1) is 35.5. The van der Waals surface area contributed by atoms with Crippen molar-refractivity contribution < 1.29 is 28.6 Å². The summed E-state index contributed by atoms with van der Waals surface area (Å²) in [5.74, 6) is -0.917. The smallest absolute Gasteiger partial charge is 0.306 e. The minimum Gasteiger partial charge on any atom is -0.462 e. The van der Waals surface area contributed by atoms with Gasteiger partial charge >= 0.3 is 17.9 Å². The van der Waals surface area contributed by atoms with Crippen molar-refractivity contribution in [2.75, 3.05) is 13.2 Å². The molecule has 6 heteroatoms. The lowest BCUT2D eigenvalue weighted by Gasteiger charge is -2.18. The van der Waals surface area contributed by atoms with Crippen LogP contribution in [0.15, 0.2) is 122 Å². The maximum atomic E-state index is 12.8. The third kappa shape index (κ3) is 56.7. The minimum absolute atomic E-state index is 0.0866. The zero-order valence-electron chi connectivity index (χ0n) is 46.7. The van der Waals surface area contributed by atoms with Gasteiger partial charge in [0.25, 0.3) is 0 Å². The number of ether oxygens (including phenoxy) is 3. The average Bonchev–Trinajstić information content (AvgIpc) is 3.38. The fourth-order valence-electron chi connectivity index (χ4n) is 7.85. The molecule has 0 aromatic carbocycles. The van der Waals surface area contributed by atoms with Crippen LogP contribution in [0.3, 0.4) is 0 Å². The summed E-state index contributed by atoms with van der Waals surface area (Å²) in [5, 5.41) is 0. The van der Waals surface area contributed by atoms with E-state index in [2.05, 4.69) is 142 Å². The summed E-state index contributed by atoms with van der Waals surface area (Å²) in [5.41, 5.74) is 0. The third-order valence-electron chi connectivity index (χ3n) is 12.2. The average molecular weight is 998 g/mol. The van der Waals surface area contributed by atoms with Gasteiger partial charge < -0.3 is 14.2 Å². The molecule has 0 aliphatic carbocycles. The molecule has 1 unspecified atom stereocenters. The molecule has 0 rings (SSSR count). The van der Waals surface area contributed by atoms with E-state index in [4.69, 9.17) is 14.2 Å². The van der Waals surface area contributed by atoms with Crippen LogP contribution in [0.1, 0.15) is 258 Å². The number of rotatable bonds is 52. The zero-order chi connectivity index (χ0) is 52.2. The van der Waals surface area contributed by atoms with Crippen molar-refractivity contribution in [3.63, 3.8) is 0 Å². The minimum atomic E-state index is -0.787. The Bertz CT molecular complexity index is 1520. The summed E-state index contributed by atoms with van der Waals surface area (Å²) in [6.45, 7) is 6.34. The molecule has 0 aliphatic heterocycles. The number of carbonyl (C=O) groups excluding carboxylic acids is 3. The summed E-state index contributed by atoms with van der Waals surface area (Å²) < 4.78 is 16.8. The van der Waals surface area contributed by atoms with Gasteiger partial charge in [-0.25, -0.2) is 0 Å². The van der Waals surface area contributed by atoms with Crippen molar-refractivity contribution >= 4 is 17.9 Å². The van der Waals surface area contributed by atoms with Crippen LogP contribution in [0, 0.1) is 0 Å². The van der Waals surface area contributed by atoms with E-state index in [1.165, 1.54) is 83.5 Å². The molecule has 0 saturated heterocycles. The van der Waals surface area contributed by atoms with Gasteiger partial charge in [-0.3, -0.25) is 14.4 Å². The van der Waals surface area contributed by atoms with E-state index in [-0.39, 0.29) is 31.1 Å². The van der Waals surface area contributed by atoms with Gasteiger partial charge in [0, 0.05) is 19.3 Å². The molecule has 72 heavy (non-hydrogen) atoms. The van der Waals surface area contributed by atoms with Gasteiger partial charge in [-0.15, -0.1) is 0 Å². The van der Waals surface area contributed by atoms with Crippen LogP contribution in [-0.4, -0.2) is 37.2 Å². The highest BCUT2D eigenvalue weighted by Crippen LogP contribution is 2.15. The number of carbonyl (C=O) groups is 3. The second-order valence-corrected chi connectivity index (χ2v) is 19.1. The van der Waals surface area contributed by atoms with E-state index in [0.29, 0.717) is 19.3 Å². The monoisotopic (exact) mass is 997 g/mol. The Morgan fingerprint density at radius 2 is 0.542 bits per heavy atom. The maximum Gasteiger partial charge on any atom is 0.306 e. The van der Waals surface area contributed by atoms with Crippen LogP contribution in [0.4, 0.5) is 0 Å². The SMILES string of the molecule is CC/C=C\C/C=C\C/C=C\C/C=C\C/C=C\C/C=C\CCCCCCCCC(=O)OCC(COC(=O)CCCCCCCC)OC(=O)CCCCCCCCCCCC/C=C\C/C=C\C/C=C\C/C=C\CC. The summed E-state index contributed by atoms with van der Waals surface area (Å²) in [7, 11) is 0. The van der Waals surface area contributed by atoms with Crippen molar-refractivity contribution in [1.82, 2.24) is 0 Å². The Hall–Kier alpha value is -4.19. The number of esters is 3. The quantitative estimate of drug-likeness (QED) is 0.0261. The highest BCUT2D eigenvalue weighted by atomic mass is 16.6. The van der Waals surface area contributed by atoms with Crippen molar-refractivity contribution in [1.29, 1.82) is 0 Å². The van der Waals surface area contributed by atoms with Gasteiger partial charge in [-0.2, -0.15) is 0 Å². The van der Waals surface area contributed by atoms with Crippen LogP contribution < -0.4 is 0 Å². The van der Waals surface area contributed by atoms with Gasteiger partial charge in [0.2, 0.25) is 0 Å². The van der Waals surface area contributed by atoms with Crippen LogP contribution >= 0.6 is 0 Å². The molecule has 0 fully saturated rings. The Balaban J connectivity index is 4.20. The molecule has 0 saturated carbocycles. The first kappa shape index (κ1) is 67.8. The van der Waals surface area contributed by atoms with Gasteiger partial charge in [0.05, 0.1) is 0 Å². The second-order valence-electron chi connectivity index (χ2n) is 19.1. The predicted octanol–water partition coefficient (Wildman–Crippen LogP) is 20.0. The lowest BCUT2D eigenvalue weighted by molar-refractivity contribution is -0.167. The summed E-state index contributed by atoms with van der Waals surface area (Å²) >= 11 is 0. The molecule has 0 aliphatic rings. The molecule has 0 aromatic rings. The van der Waals surface area contributed by atoms with Crippen LogP contribution in [0.25, 0.3) is 0 Å². The van der Waals surface area contributed by atoms with Crippen LogP contribution in [-0.2, 0) is 28.6 Å². The lowest BCUT2D eigenvalue weighted by atomic mass is 10.0. The highest BCUT2D eigenvalue weighted by molar-refractivity contribution is 5.71. The zero-order valence-corrected chi connectivity index (χ0v) is 46.7. The molecule has 0 spiro atoms. The van der Waals surface area contributed by atoms with Crippen LogP contribution in [0.2, 0.25) is 0 Å². The first-order valence-corrected chi connectivity index (χ1v) is 29.5. The van der Waals surface area contributed by atoms with Crippen molar-refractivity contribution in [3.8, 4) is 0 Å². The molecule has 0 bridgehead atoms. The molecule has 0 N–H and O–H groups in total. The molecule has 0 heterocycles. The van der Waals surface area contributed by atoms with Gasteiger partial charge in [-0.1, -0.05) is 251 Å². The lowest BCUT2D eigenvalue weighted by Crippen LogP contribution is -2.30. The Morgan fingerprint density at radius 1 is 0.292 bits per heavy atom. The fourth-order valence-corrected chi connectivity index (χ4v) is 7.85. The largest absolute Gasteiger partial charge is 0.462 e. The first-order valence-electron chi connectivity index (χ1n) is 29.5. The van der Waals surface area contributed by atoms with E-state index in [1.807, 2.05) is 0 Å². The molecular weight excluding hydrogens is 889 g/mol. The van der Waals surface area contributed by atoms with Crippen molar-refractivity contribution in [2.24, 2.45) is 0 Å². The number of hydrogen-bond donors (Lipinski definition) is 0. The summed E-state index contributed by atoms with van der Waals surface area (Å²) in [6, 6.07) is 0. The van der Waals surface area contributed by atoms with E-state index in [1.54, 1.807) is 0 Å². The fraction of sp³-hybridized carbons (Fsp3) is 0.652. The molecule has 6 nitrogen and oxygen atoms in total.